The van der Waals surface area contributed by atoms with Crippen molar-refractivity contribution in [3.05, 3.63) is 5.82 Å². The van der Waals surface area contributed by atoms with Gasteiger partial charge in [0.05, 0.1) is 7.11 Å². The molecule has 60 valence electrons. The molecule has 1 aromatic heterocycles. The number of carbonyl (C=O) groups excluding carboxylic acids is 1. The predicted molar refractivity (Wildman–Crippen MR) is 34.6 cm³/mol. The third-order valence-corrected chi connectivity index (χ3v) is 1.05. The van der Waals surface area contributed by atoms with Gasteiger partial charge in [0.15, 0.2) is 12.4 Å². The predicted octanol–water partition coefficient (Wildman–Crippen LogP) is -0.845. The molecule has 0 radical (unpaired) electrons. The van der Waals surface area contributed by atoms with E-state index < -0.39 is 0 Å². The molecule has 1 aromatic rings. The first-order valence-electron chi connectivity index (χ1n) is 3.03. The lowest BCUT2D eigenvalue weighted by Crippen LogP contribution is -2.14. The third-order valence-electron chi connectivity index (χ3n) is 1.05. The molecule has 0 saturated carbocycles. The van der Waals surface area contributed by atoms with Gasteiger partial charge in [-0.05, 0) is 12.1 Å². The summed E-state index contributed by atoms with van der Waals surface area (Å²) >= 11 is 0. The van der Waals surface area contributed by atoms with Crippen LogP contribution in [0.4, 0.5) is 0 Å². The van der Waals surface area contributed by atoms with E-state index in [-0.39, 0.29) is 12.5 Å². The van der Waals surface area contributed by atoms with Gasteiger partial charge in [-0.1, -0.05) is 0 Å². The Balaban J connectivity index is 2.57. The average Bonchev–Trinajstić information content (AvgIpc) is 2.35. The number of hydrogen-bond acceptors (Lipinski definition) is 5. The molecule has 1 rings (SSSR count). The summed E-state index contributed by atoms with van der Waals surface area (Å²) in [5.74, 6) is 0.149. The normalized spacial score (nSPS) is 9.64. The molecule has 0 aliphatic carbocycles. The van der Waals surface area contributed by atoms with E-state index in [1.165, 1.54) is 11.9 Å². The van der Waals surface area contributed by atoms with E-state index in [0.717, 1.165) is 0 Å². The van der Waals surface area contributed by atoms with Crippen molar-refractivity contribution in [3.63, 3.8) is 0 Å². The van der Waals surface area contributed by atoms with Crippen LogP contribution in [0.15, 0.2) is 0 Å². The van der Waals surface area contributed by atoms with E-state index in [0.29, 0.717) is 5.82 Å². The van der Waals surface area contributed by atoms with Gasteiger partial charge in [0.1, 0.15) is 0 Å². The van der Waals surface area contributed by atoms with Crippen molar-refractivity contribution in [2.75, 3.05) is 7.11 Å². The van der Waals surface area contributed by atoms with E-state index in [1.807, 2.05) is 0 Å². The number of aromatic nitrogens is 4. The lowest BCUT2D eigenvalue weighted by Gasteiger charge is -1.94. The number of methoxy groups -OCH3 is 1. The number of aryl methyl sites for hydroxylation is 1. The zero-order chi connectivity index (χ0) is 8.27. The highest BCUT2D eigenvalue weighted by Crippen LogP contribution is 1.83. The lowest BCUT2D eigenvalue weighted by molar-refractivity contribution is -0.141. The maximum Gasteiger partial charge on any atom is 0.329 e. The standard InChI is InChI=1S/C5H8N4O2/c1-4-6-8-9(7-4)3-5(10)11-2/h3H2,1-2H3. The van der Waals surface area contributed by atoms with Crippen molar-refractivity contribution in [2.24, 2.45) is 0 Å². The fourth-order valence-corrected chi connectivity index (χ4v) is 0.570. The first kappa shape index (κ1) is 7.64. The molecule has 0 atom stereocenters. The first-order chi connectivity index (χ1) is 5.22. The van der Waals surface area contributed by atoms with Crippen LogP contribution in [0.2, 0.25) is 0 Å². The van der Waals surface area contributed by atoms with E-state index in [1.54, 1.807) is 6.92 Å². The molecule has 0 bridgehead atoms. The molecule has 6 nitrogen and oxygen atoms in total. The van der Waals surface area contributed by atoms with Crippen molar-refractivity contribution in [1.82, 2.24) is 20.2 Å². The second-order valence-corrected chi connectivity index (χ2v) is 1.94. The second kappa shape index (κ2) is 3.09. The summed E-state index contributed by atoms with van der Waals surface area (Å²) < 4.78 is 4.40. The Hall–Kier alpha value is -1.46. The summed E-state index contributed by atoms with van der Waals surface area (Å²) in [6, 6.07) is 0. The summed E-state index contributed by atoms with van der Waals surface area (Å²) in [6.07, 6.45) is 0. The summed E-state index contributed by atoms with van der Waals surface area (Å²) in [7, 11) is 1.31. The summed E-state index contributed by atoms with van der Waals surface area (Å²) in [6.45, 7) is 1.71. The van der Waals surface area contributed by atoms with Crippen LogP contribution >= 0.6 is 0 Å². The SMILES string of the molecule is COC(=O)Cn1nnc(C)n1. The Morgan fingerprint density at radius 1 is 1.73 bits per heavy atom. The molecule has 6 heteroatoms. The highest BCUT2D eigenvalue weighted by atomic mass is 16.5. The maximum absolute atomic E-state index is 10.6. The molecule has 0 amide bonds. The Morgan fingerprint density at radius 2 is 2.45 bits per heavy atom. The van der Waals surface area contributed by atoms with Gasteiger partial charge in [-0.3, -0.25) is 0 Å². The molecular weight excluding hydrogens is 148 g/mol. The van der Waals surface area contributed by atoms with Crippen LogP contribution in [0.5, 0.6) is 0 Å². The fraction of sp³-hybridized carbons (Fsp3) is 0.600. The van der Waals surface area contributed by atoms with E-state index in [2.05, 4.69) is 20.1 Å². The zero-order valence-corrected chi connectivity index (χ0v) is 6.31. The topological polar surface area (TPSA) is 69.9 Å². The van der Waals surface area contributed by atoms with E-state index in [9.17, 15) is 4.79 Å². The van der Waals surface area contributed by atoms with Gasteiger partial charge in [-0.25, -0.2) is 4.79 Å². The van der Waals surface area contributed by atoms with E-state index >= 15 is 0 Å². The van der Waals surface area contributed by atoms with Gasteiger partial charge < -0.3 is 4.74 Å². The van der Waals surface area contributed by atoms with Crippen molar-refractivity contribution in [2.45, 2.75) is 13.5 Å². The average molecular weight is 156 g/mol. The monoisotopic (exact) mass is 156 g/mol. The van der Waals surface area contributed by atoms with Gasteiger partial charge in [0, 0.05) is 0 Å². The lowest BCUT2D eigenvalue weighted by atomic mass is 10.7. The van der Waals surface area contributed by atoms with Crippen LogP contribution in [0, 0.1) is 6.92 Å². The summed E-state index contributed by atoms with van der Waals surface area (Å²) in [5.41, 5.74) is 0. The molecule has 0 saturated heterocycles. The number of tetrazole rings is 1. The molecule has 0 aliphatic heterocycles. The van der Waals surface area contributed by atoms with E-state index in [4.69, 9.17) is 0 Å². The van der Waals surface area contributed by atoms with Gasteiger partial charge in [-0.15, -0.1) is 10.2 Å². The van der Waals surface area contributed by atoms with Crippen LogP contribution in [-0.2, 0) is 16.1 Å². The number of rotatable bonds is 2. The molecule has 0 N–H and O–H groups in total. The van der Waals surface area contributed by atoms with Gasteiger partial charge in [-0.2, -0.15) is 4.80 Å². The highest BCUT2D eigenvalue weighted by Gasteiger charge is 2.03. The number of hydrogen-bond donors (Lipinski definition) is 0. The molecule has 1 heterocycles. The quantitative estimate of drug-likeness (QED) is 0.522. The Bertz CT molecular complexity index is 257. The summed E-state index contributed by atoms with van der Waals surface area (Å²) in [5, 5.41) is 10.9. The van der Waals surface area contributed by atoms with Crippen molar-refractivity contribution < 1.29 is 9.53 Å². The minimum absolute atomic E-state index is 0.0112. The van der Waals surface area contributed by atoms with Crippen LogP contribution in [-0.4, -0.2) is 33.3 Å². The van der Waals surface area contributed by atoms with Crippen LogP contribution in [0.3, 0.4) is 0 Å². The van der Waals surface area contributed by atoms with Crippen molar-refractivity contribution in [1.29, 1.82) is 0 Å². The Labute approximate surface area is 63.1 Å². The molecule has 0 spiro atoms. The summed E-state index contributed by atoms with van der Waals surface area (Å²) in [4.78, 5) is 11.8. The molecule has 0 unspecified atom stereocenters. The number of carbonyl (C=O) groups is 1. The maximum atomic E-state index is 10.6. The number of ether oxygens (including phenoxy) is 1. The van der Waals surface area contributed by atoms with Crippen LogP contribution in [0.1, 0.15) is 5.82 Å². The number of esters is 1. The molecule has 11 heavy (non-hydrogen) atoms. The van der Waals surface area contributed by atoms with Crippen molar-refractivity contribution in [3.8, 4) is 0 Å². The van der Waals surface area contributed by atoms with Gasteiger partial charge >= 0.3 is 5.97 Å². The largest absolute Gasteiger partial charge is 0.468 e. The smallest absolute Gasteiger partial charge is 0.329 e. The minimum Gasteiger partial charge on any atom is -0.468 e. The second-order valence-electron chi connectivity index (χ2n) is 1.94. The van der Waals surface area contributed by atoms with Crippen LogP contribution in [0.25, 0.3) is 0 Å². The molecule has 0 aromatic carbocycles. The van der Waals surface area contributed by atoms with Crippen LogP contribution < -0.4 is 0 Å². The zero-order valence-electron chi connectivity index (χ0n) is 6.31. The Morgan fingerprint density at radius 3 is 2.91 bits per heavy atom. The van der Waals surface area contributed by atoms with Crippen molar-refractivity contribution >= 4 is 5.97 Å². The molecular formula is C5H8N4O2. The Kier molecular flexibility index (Phi) is 2.15. The molecule has 0 fully saturated rings. The van der Waals surface area contributed by atoms with Gasteiger partial charge in [0.25, 0.3) is 0 Å². The van der Waals surface area contributed by atoms with Gasteiger partial charge in [0.2, 0.25) is 0 Å². The minimum atomic E-state index is -0.387. The third kappa shape index (κ3) is 1.99. The highest BCUT2D eigenvalue weighted by molar-refractivity contribution is 5.68. The first-order valence-corrected chi connectivity index (χ1v) is 3.03. The molecule has 0 aliphatic rings. The number of nitrogens with zero attached hydrogens (tertiary/aromatic N) is 4. The fourth-order valence-electron chi connectivity index (χ4n) is 0.570.